The van der Waals surface area contributed by atoms with Crippen LogP contribution in [0.4, 0.5) is 0 Å². The predicted molar refractivity (Wildman–Crippen MR) is 147 cm³/mol. The van der Waals surface area contributed by atoms with Crippen LogP contribution in [0.15, 0.2) is 61.2 Å². The van der Waals surface area contributed by atoms with Gasteiger partial charge in [-0.15, -0.1) is 10.2 Å². The number of nitrogens with zero attached hydrogens (tertiary/aromatic N) is 8. The Kier molecular flexibility index (Phi) is 5.06. The topological polar surface area (TPSA) is 134 Å². The van der Waals surface area contributed by atoms with Gasteiger partial charge < -0.3 is 9.88 Å². The zero-order valence-corrected chi connectivity index (χ0v) is 21.8. The van der Waals surface area contributed by atoms with E-state index in [1.807, 2.05) is 53.0 Å². The second kappa shape index (κ2) is 8.80. The van der Waals surface area contributed by atoms with Crippen molar-refractivity contribution >= 4 is 22.6 Å². The van der Waals surface area contributed by atoms with Gasteiger partial charge in [0.1, 0.15) is 6.33 Å². The number of carbonyl (C=O) groups is 1. The minimum absolute atomic E-state index is 0.0685. The van der Waals surface area contributed by atoms with E-state index in [2.05, 4.69) is 43.6 Å². The number of benzene rings is 1. The average molecular weight is 531 g/mol. The molecule has 2 aliphatic heterocycles. The van der Waals surface area contributed by atoms with E-state index in [1.165, 1.54) is 6.33 Å². The molecule has 0 saturated carbocycles. The molecule has 8 rings (SSSR count). The van der Waals surface area contributed by atoms with Crippen LogP contribution in [0.2, 0.25) is 0 Å². The summed E-state index contributed by atoms with van der Waals surface area (Å²) in [4.78, 5) is 28.1. The van der Waals surface area contributed by atoms with E-state index in [0.717, 1.165) is 76.1 Å². The zero-order valence-electron chi connectivity index (χ0n) is 21.8. The van der Waals surface area contributed by atoms with Gasteiger partial charge in [-0.3, -0.25) is 14.9 Å². The number of pyridine rings is 1. The molecule has 2 saturated heterocycles. The van der Waals surface area contributed by atoms with E-state index >= 15 is 0 Å². The lowest BCUT2D eigenvalue weighted by Crippen LogP contribution is -2.46. The number of nitrogens with one attached hydrogen (secondary N) is 2. The fourth-order valence-corrected chi connectivity index (χ4v) is 6.66. The first kappa shape index (κ1) is 23.0. The molecule has 2 fully saturated rings. The Morgan fingerprint density at radius 1 is 1.00 bits per heavy atom. The maximum Gasteiger partial charge on any atom is 0.292 e. The summed E-state index contributed by atoms with van der Waals surface area (Å²) in [7, 11) is 0. The number of hydrogen-bond donors (Lipinski definition) is 2. The number of amides is 1. The molecule has 0 aliphatic carbocycles. The molecule has 0 spiro atoms. The van der Waals surface area contributed by atoms with Crippen molar-refractivity contribution in [3.63, 3.8) is 0 Å². The summed E-state index contributed by atoms with van der Waals surface area (Å²) in [6.07, 6.45) is 8.84. The van der Waals surface area contributed by atoms with Crippen LogP contribution in [0.1, 0.15) is 53.6 Å². The first-order valence-electron chi connectivity index (χ1n) is 13.6. The summed E-state index contributed by atoms with van der Waals surface area (Å²) < 4.78 is 1.84. The van der Waals surface area contributed by atoms with Crippen LogP contribution in [-0.2, 0) is 0 Å². The average Bonchev–Trinajstić information content (AvgIpc) is 3.79. The van der Waals surface area contributed by atoms with Crippen molar-refractivity contribution in [3.8, 4) is 22.4 Å². The summed E-state index contributed by atoms with van der Waals surface area (Å²) in [5, 5.41) is 21.2. The third-order valence-corrected chi connectivity index (χ3v) is 8.48. The summed E-state index contributed by atoms with van der Waals surface area (Å²) in [6.45, 7) is 2.00. The first-order chi connectivity index (χ1) is 19.7. The van der Waals surface area contributed by atoms with Crippen LogP contribution in [0.3, 0.4) is 0 Å². The monoisotopic (exact) mass is 530 g/mol. The van der Waals surface area contributed by atoms with Crippen LogP contribution >= 0.6 is 0 Å². The van der Waals surface area contributed by atoms with Crippen molar-refractivity contribution < 1.29 is 4.79 Å². The molecular formula is C29H26N10O. The Labute approximate surface area is 228 Å². The molecule has 0 radical (unpaired) electrons. The van der Waals surface area contributed by atoms with Gasteiger partial charge in [0.15, 0.2) is 11.3 Å². The van der Waals surface area contributed by atoms with Crippen molar-refractivity contribution in [2.45, 2.75) is 50.6 Å². The molecule has 7 heterocycles. The number of piperidine rings is 1. The summed E-state index contributed by atoms with van der Waals surface area (Å²) in [6, 6.07) is 14.5. The largest absolute Gasteiger partial charge is 0.330 e. The SMILES string of the molecule is Cc1n[nH]c2c1c([C@@H]1C[C@H]3CC[C@@H](C1)N3C(=O)c1nnc[nH]1)nc1c(-c3ccc(-c4ccccc4)nc3)cnn12. The smallest absolute Gasteiger partial charge is 0.292 e. The van der Waals surface area contributed by atoms with E-state index in [0.29, 0.717) is 5.82 Å². The summed E-state index contributed by atoms with van der Waals surface area (Å²) in [5.74, 6) is 0.432. The number of fused-ring (bicyclic) bond motifs is 5. The van der Waals surface area contributed by atoms with Gasteiger partial charge in [-0.05, 0) is 38.7 Å². The second-order valence-electron chi connectivity index (χ2n) is 10.7. The van der Waals surface area contributed by atoms with Crippen LogP contribution in [0, 0.1) is 6.92 Å². The van der Waals surface area contributed by atoms with E-state index in [1.54, 1.807) is 0 Å². The molecule has 0 unspecified atom stereocenters. The van der Waals surface area contributed by atoms with Crippen LogP contribution in [0.5, 0.6) is 0 Å². The highest BCUT2D eigenvalue weighted by atomic mass is 16.2. The van der Waals surface area contributed by atoms with Crippen molar-refractivity contribution in [2.24, 2.45) is 0 Å². The van der Waals surface area contributed by atoms with Gasteiger partial charge in [0.25, 0.3) is 5.91 Å². The van der Waals surface area contributed by atoms with Gasteiger partial charge in [-0.25, -0.2) is 4.98 Å². The number of aromatic amines is 2. The lowest BCUT2D eigenvalue weighted by atomic mass is 9.86. The lowest BCUT2D eigenvalue weighted by Gasteiger charge is -2.38. The highest BCUT2D eigenvalue weighted by Gasteiger charge is 2.45. The standard InChI is InChI=1S/C29H26N10O/c1-16-24-25(19-11-20-8-9-21(12-19)38(20)29(40)26-31-15-32-36-26)34-27-22(14-33-39(27)28(24)37-35-16)18-7-10-23(30-13-18)17-5-3-2-4-6-17/h2-7,10,13-15,19-21H,8-9,11-12H2,1H3,(H,35,37)(H,31,32,36)/t19-,20-,21+. The predicted octanol–water partition coefficient (Wildman–Crippen LogP) is 4.31. The third-order valence-electron chi connectivity index (χ3n) is 8.48. The lowest BCUT2D eigenvalue weighted by molar-refractivity contribution is 0.0558. The number of aryl methyl sites for hydroxylation is 1. The Bertz CT molecular complexity index is 1840. The number of rotatable bonds is 4. The first-order valence-corrected chi connectivity index (χ1v) is 13.6. The van der Waals surface area contributed by atoms with Gasteiger partial charge >= 0.3 is 0 Å². The minimum atomic E-state index is -0.0685. The Morgan fingerprint density at radius 3 is 2.55 bits per heavy atom. The molecule has 5 aromatic heterocycles. The normalized spacial score (nSPS) is 20.5. The molecule has 40 heavy (non-hydrogen) atoms. The van der Waals surface area contributed by atoms with Crippen molar-refractivity contribution in [3.05, 3.63) is 78.4 Å². The number of carbonyl (C=O) groups excluding carboxylic acids is 1. The van der Waals surface area contributed by atoms with Crippen molar-refractivity contribution in [2.75, 3.05) is 0 Å². The number of H-pyrrole nitrogens is 2. The third kappa shape index (κ3) is 3.47. The van der Waals surface area contributed by atoms with Gasteiger partial charge in [-0.1, -0.05) is 36.4 Å². The minimum Gasteiger partial charge on any atom is -0.330 e. The van der Waals surface area contributed by atoms with E-state index in [9.17, 15) is 4.79 Å². The number of hydrogen-bond acceptors (Lipinski definition) is 7. The molecule has 6 aromatic rings. The fraction of sp³-hybridized carbons (Fsp3) is 0.276. The van der Waals surface area contributed by atoms with Gasteiger partial charge in [0, 0.05) is 40.9 Å². The second-order valence-corrected chi connectivity index (χ2v) is 10.7. The molecule has 2 bridgehead atoms. The summed E-state index contributed by atoms with van der Waals surface area (Å²) in [5.41, 5.74) is 7.40. The Hall–Kier alpha value is -4.93. The van der Waals surface area contributed by atoms with Gasteiger partial charge in [0.2, 0.25) is 5.82 Å². The molecule has 1 amide bonds. The van der Waals surface area contributed by atoms with Crippen LogP contribution in [-0.4, -0.2) is 67.9 Å². The maximum atomic E-state index is 13.2. The Morgan fingerprint density at radius 2 is 1.82 bits per heavy atom. The maximum absolute atomic E-state index is 13.2. The molecule has 2 N–H and O–H groups in total. The van der Waals surface area contributed by atoms with E-state index < -0.39 is 0 Å². The molecule has 11 heteroatoms. The van der Waals surface area contributed by atoms with Gasteiger partial charge in [0.05, 0.1) is 28.7 Å². The van der Waals surface area contributed by atoms with Gasteiger partial charge in [-0.2, -0.15) is 14.7 Å². The number of aromatic nitrogens is 9. The molecule has 11 nitrogen and oxygen atoms in total. The Balaban J connectivity index is 1.18. The molecule has 1 aromatic carbocycles. The van der Waals surface area contributed by atoms with E-state index in [4.69, 9.17) is 15.1 Å². The van der Waals surface area contributed by atoms with Crippen molar-refractivity contribution in [1.29, 1.82) is 0 Å². The molecule has 3 atom stereocenters. The molecule has 198 valence electrons. The fourth-order valence-electron chi connectivity index (χ4n) is 6.66. The quantitative estimate of drug-likeness (QED) is 0.347. The highest BCUT2D eigenvalue weighted by molar-refractivity contribution is 5.91. The van der Waals surface area contributed by atoms with Crippen molar-refractivity contribution in [1.82, 2.24) is 49.9 Å². The molecular weight excluding hydrogens is 504 g/mol. The van der Waals surface area contributed by atoms with Crippen LogP contribution < -0.4 is 0 Å². The molecule has 2 aliphatic rings. The zero-order chi connectivity index (χ0) is 26.8. The van der Waals surface area contributed by atoms with E-state index in [-0.39, 0.29) is 23.9 Å². The summed E-state index contributed by atoms with van der Waals surface area (Å²) >= 11 is 0. The highest BCUT2D eigenvalue weighted by Crippen LogP contribution is 2.45. The van der Waals surface area contributed by atoms with Crippen LogP contribution in [0.25, 0.3) is 39.1 Å².